The Labute approximate surface area is 132 Å². The van der Waals surface area contributed by atoms with Gasteiger partial charge in [0.1, 0.15) is 11.8 Å². The van der Waals surface area contributed by atoms with Crippen LogP contribution in [0.5, 0.6) is 5.75 Å². The molecule has 23 heavy (non-hydrogen) atoms. The molecular formula is C16H16N4O3. The first kappa shape index (κ1) is 15.0. The average molecular weight is 312 g/mol. The van der Waals surface area contributed by atoms with Gasteiger partial charge >= 0.3 is 0 Å². The Kier molecular flexibility index (Phi) is 4.20. The summed E-state index contributed by atoms with van der Waals surface area (Å²) in [6.45, 7) is -0.319. The van der Waals surface area contributed by atoms with Crippen molar-refractivity contribution in [2.24, 2.45) is 0 Å². The largest absolute Gasteiger partial charge is 0.497 e. The van der Waals surface area contributed by atoms with Crippen LogP contribution in [0.1, 0.15) is 6.04 Å². The average Bonchev–Trinajstić information content (AvgIpc) is 3.09. The third-order valence-corrected chi connectivity index (χ3v) is 3.52. The fraction of sp³-hybridized carbons (Fsp3) is 0.188. The van der Waals surface area contributed by atoms with Gasteiger partial charge in [-0.25, -0.2) is 4.98 Å². The second-order valence-corrected chi connectivity index (χ2v) is 4.98. The number of pyridine rings is 1. The van der Waals surface area contributed by atoms with Crippen molar-refractivity contribution >= 4 is 22.5 Å². The van der Waals surface area contributed by atoms with Crippen LogP contribution in [0, 0.1) is 0 Å². The molecule has 7 heteroatoms. The number of nitrogens with one attached hydrogen (secondary N) is 1. The summed E-state index contributed by atoms with van der Waals surface area (Å²) in [7, 11) is 1.60. The lowest BCUT2D eigenvalue weighted by molar-refractivity contribution is -0.120. The molecule has 2 N–H and O–H groups in total. The Morgan fingerprint density at radius 2 is 2.30 bits per heavy atom. The van der Waals surface area contributed by atoms with Gasteiger partial charge in [0.15, 0.2) is 0 Å². The molecule has 0 bridgehead atoms. The monoisotopic (exact) mass is 312 g/mol. The number of aliphatic hydroxyl groups excluding tert-OH is 1. The Balaban J connectivity index is 1.82. The van der Waals surface area contributed by atoms with E-state index in [-0.39, 0.29) is 12.5 Å². The standard InChI is InChI=1S/C16H16N4O3/c1-23-13-3-2-11-6-12(8-18-14(11)7-13)19-16(22)15(9-21)20-5-4-17-10-20/h2-8,10,15,21H,9H2,1H3,(H,19,22)/t15-/m0/s1. The van der Waals surface area contributed by atoms with E-state index in [2.05, 4.69) is 15.3 Å². The minimum Gasteiger partial charge on any atom is -0.497 e. The van der Waals surface area contributed by atoms with Crippen LogP contribution in [-0.2, 0) is 4.79 Å². The number of hydrogen-bond acceptors (Lipinski definition) is 5. The molecule has 1 atom stereocenters. The lowest BCUT2D eigenvalue weighted by Gasteiger charge is -2.15. The molecule has 0 saturated carbocycles. The van der Waals surface area contributed by atoms with E-state index >= 15 is 0 Å². The topological polar surface area (TPSA) is 89.3 Å². The van der Waals surface area contributed by atoms with Crippen LogP contribution in [0.2, 0.25) is 0 Å². The summed E-state index contributed by atoms with van der Waals surface area (Å²) in [6, 6.07) is 6.61. The van der Waals surface area contributed by atoms with Gasteiger partial charge in [-0.1, -0.05) is 0 Å². The van der Waals surface area contributed by atoms with E-state index < -0.39 is 6.04 Å². The van der Waals surface area contributed by atoms with Crippen LogP contribution in [0.4, 0.5) is 5.69 Å². The van der Waals surface area contributed by atoms with Gasteiger partial charge in [0.05, 0.1) is 37.4 Å². The minimum atomic E-state index is -0.732. The van der Waals surface area contributed by atoms with Gasteiger partial charge in [0, 0.05) is 23.8 Å². The summed E-state index contributed by atoms with van der Waals surface area (Å²) in [4.78, 5) is 20.5. The number of amides is 1. The third kappa shape index (κ3) is 3.14. The number of aromatic nitrogens is 3. The Hall–Kier alpha value is -2.93. The van der Waals surface area contributed by atoms with Crippen LogP contribution in [-0.4, -0.2) is 39.3 Å². The highest BCUT2D eigenvalue weighted by Crippen LogP contribution is 2.22. The highest BCUT2D eigenvalue weighted by Gasteiger charge is 2.19. The number of nitrogens with zero attached hydrogens (tertiary/aromatic N) is 3. The number of imidazole rings is 1. The SMILES string of the molecule is COc1ccc2cc(NC(=O)[C@H](CO)n3ccnc3)cnc2c1. The summed E-state index contributed by atoms with van der Waals surface area (Å²) >= 11 is 0. The third-order valence-electron chi connectivity index (χ3n) is 3.52. The molecular weight excluding hydrogens is 296 g/mol. The van der Waals surface area contributed by atoms with Crippen molar-refractivity contribution in [2.75, 3.05) is 19.0 Å². The van der Waals surface area contributed by atoms with Gasteiger partial charge in [0.2, 0.25) is 5.91 Å². The first-order chi connectivity index (χ1) is 11.2. The molecule has 1 aromatic carbocycles. The van der Waals surface area contributed by atoms with E-state index in [1.807, 2.05) is 24.3 Å². The van der Waals surface area contributed by atoms with Gasteiger partial charge in [-0.2, -0.15) is 0 Å². The van der Waals surface area contributed by atoms with Gasteiger partial charge in [-0.05, 0) is 18.2 Å². The van der Waals surface area contributed by atoms with Gasteiger partial charge in [-0.15, -0.1) is 0 Å². The predicted molar refractivity (Wildman–Crippen MR) is 85.3 cm³/mol. The fourth-order valence-corrected chi connectivity index (χ4v) is 2.29. The number of fused-ring (bicyclic) bond motifs is 1. The van der Waals surface area contributed by atoms with Crippen molar-refractivity contribution < 1.29 is 14.6 Å². The fourth-order valence-electron chi connectivity index (χ4n) is 2.29. The predicted octanol–water partition coefficient (Wildman–Crippen LogP) is 1.61. The number of hydrogen-bond donors (Lipinski definition) is 2. The number of carbonyl (C=O) groups is 1. The lowest BCUT2D eigenvalue weighted by Crippen LogP contribution is -2.28. The Bertz CT molecular complexity index is 817. The number of ether oxygens (including phenoxy) is 1. The van der Waals surface area contributed by atoms with Crippen LogP contribution in [0.3, 0.4) is 0 Å². The van der Waals surface area contributed by atoms with Gasteiger partial charge in [-0.3, -0.25) is 9.78 Å². The first-order valence-electron chi connectivity index (χ1n) is 7.04. The zero-order valence-electron chi connectivity index (χ0n) is 12.5. The zero-order chi connectivity index (χ0) is 16.2. The Morgan fingerprint density at radius 3 is 3.00 bits per heavy atom. The van der Waals surface area contributed by atoms with E-state index in [1.54, 1.807) is 30.3 Å². The summed E-state index contributed by atoms with van der Waals surface area (Å²) in [6.07, 6.45) is 6.25. The highest BCUT2D eigenvalue weighted by atomic mass is 16.5. The van der Waals surface area contributed by atoms with E-state index in [4.69, 9.17) is 4.74 Å². The molecule has 3 aromatic rings. The lowest BCUT2D eigenvalue weighted by atomic mass is 10.2. The summed E-state index contributed by atoms with van der Waals surface area (Å²) in [5.74, 6) is 0.391. The van der Waals surface area contributed by atoms with Crippen LogP contribution >= 0.6 is 0 Å². The molecule has 2 heterocycles. The molecule has 2 aromatic heterocycles. The normalized spacial score (nSPS) is 12.1. The number of anilines is 1. The second kappa shape index (κ2) is 6.45. The van der Waals surface area contributed by atoms with Crippen molar-refractivity contribution in [1.82, 2.24) is 14.5 Å². The quantitative estimate of drug-likeness (QED) is 0.747. The van der Waals surface area contributed by atoms with Crippen molar-refractivity contribution in [3.63, 3.8) is 0 Å². The maximum Gasteiger partial charge on any atom is 0.249 e. The van der Waals surface area contributed by atoms with Crippen LogP contribution < -0.4 is 10.1 Å². The number of carbonyl (C=O) groups excluding carboxylic acids is 1. The molecule has 0 spiro atoms. The minimum absolute atomic E-state index is 0.319. The zero-order valence-corrected chi connectivity index (χ0v) is 12.5. The molecule has 0 unspecified atom stereocenters. The molecule has 0 saturated heterocycles. The summed E-state index contributed by atoms with van der Waals surface area (Å²) in [5, 5.41) is 13.1. The van der Waals surface area contributed by atoms with Crippen LogP contribution in [0.25, 0.3) is 10.9 Å². The molecule has 0 aliphatic carbocycles. The van der Waals surface area contributed by atoms with Crippen molar-refractivity contribution in [3.8, 4) is 5.75 Å². The molecule has 0 fully saturated rings. The van der Waals surface area contributed by atoms with E-state index in [0.717, 1.165) is 16.7 Å². The Morgan fingerprint density at radius 1 is 1.43 bits per heavy atom. The highest BCUT2D eigenvalue weighted by molar-refractivity contribution is 5.95. The maximum absolute atomic E-state index is 12.3. The van der Waals surface area contributed by atoms with Crippen molar-refractivity contribution in [3.05, 3.63) is 49.2 Å². The molecule has 1 amide bonds. The number of aliphatic hydroxyl groups is 1. The first-order valence-corrected chi connectivity index (χ1v) is 7.04. The molecule has 7 nitrogen and oxygen atoms in total. The second-order valence-electron chi connectivity index (χ2n) is 4.98. The maximum atomic E-state index is 12.3. The summed E-state index contributed by atoms with van der Waals surface area (Å²) in [5.41, 5.74) is 1.34. The number of methoxy groups -OCH3 is 1. The molecule has 0 radical (unpaired) electrons. The van der Waals surface area contributed by atoms with Crippen LogP contribution in [0.15, 0.2) is 49.2 Å². The van der Waals surface area contributed by atoms with E-state index in [0.29, 0.717) is 5.69 Å². The van der Waals surface area contributed by atoms with Gasteiger partial charge in [0.25, 0.3) is 0 Å². The van der Waals surface area contributed by atoms with Crippen molar-refractivity contribution in [1.29, 1.82) is 0 Å². The molecule has 118 valence electrons. The molecule has 0 aliphatic heterocycles. The number of rotatable bonds is 5. The smallest absolute Gasteiger partial charge is 0.249 e. The van der Waals surface area contributed by atoms with Crippen molar-refractivity contribution in [2.45, 2.75) is 6.04 Å². The number of benzene rings is 1. The molecule has 0 aliphatic rings. The van der Waals surface area contributed by atoms with Gasteiger partial charge < -0.3 is 19.7 Å². The molecule has 3 rings (SSSR count). The summed E-state index contributed by atoms with van der Waals surface area (Å²) < 4.78 is 6.71. The van der Waals surface area contributed by atoms with E-state index in [9.17, 15) is 9.90 Å². The van der Waals surface area contributed by atoms with E-state index in [1.165, 1.54) is 6.33 Å².